The van der Waals surface area contributed by atoms with Crippen LogP contribution in [0.15, 0.2) is 9.98 Å². The number of rotatable bonds is 3. The fourth-order valence-corrected chi connectivity index (χ4v) is 4.70. The van der Waals surface area contributed by atoms with E-state index < -0.39 is 5.60 Å². The van der Waals surface area contributed by atoms with Gasteiger partial charge in [0.2, 0.25) is 0 Å². The van der Waals surface area contributed by atoms with E-state index >= 15 is 0 Å². The first kappa shape index (κ1) is 16.9. The average Bonchev–Trinajstić information content (AvgIpc) is 2.74. The third-order valence-electron chi connectivity index (χ3n) is 4.05. The lowest BCUT2D eigenvalue weighted by Crippen LogP contribution is -2.44. The topological polar surface area (TPSA) is 59.4 Å². The van der Waals surface area contributed by atoms with Crippen LogP contribution in [-0.2, 0) is 15.1 Å². The summed E-state index contributed by atoms with van der Waals surface area (Å²) in [4.78, 5) is 16.6. The van der Waals surface area contributed by atoms with Gasteiger partial charge in [0.15, 0.2) is 0 Å². The molecule has 1 N–H and O–H groups in total. The van der Waals surface area contributed by atoms with Crippen molar-refractivity contribution in [3.05, 3.63) is 15.0 Å². The zero-order valence-corrected chi connectivity index (χ0v) is 15.2. The molecule has 0 radical (unpaired) electrons. The SMILES string of the molecule is CC(C)OC(=O)C1[C@H](C)CC(O)(c2ncc(Br)s2)C[C@@H]1C. The first-order valence-corrected chi connectivity index (χ1v) is 8.88. The number of carbonyl (C=O) groups excluding carboxylic acids is 1. The van der Waals surface area contributed by atoms with Gasteiger partial charge in [-0.25, -0.2) is 4.98 Å². The normalized spacial score (nSPS) is 33.2. The zero-order valence-electron chi connectivity index (χ0n) is 12.8. The molecule has 2 rings (SSSR count). The van der Waals surface area contributed by atoms with Gasteiger partial charge in [-0.3, -0.25) is 4.79 Å². The summed E-state index contributed by atoms with van der Waals surface area (Å²) >= 11 is 4.84. The van der Waals surface area contributed by atoms with Gasteiger partial charge in [-0.2, -0.15) is 0 Å². The summed E-state index contributed by atoms with van der Waals surface area (Å²) in [6.45, 7) is 7.74. The van der Waals surface area contributed by atoms with Crippen LogP contribution in [0.4, 0.5) is 0 Å². The van der Waals surface area contributed by atoms with Crippen LogP contribution in [0, 0.1) is 17.8 Å². The van der Waals surface area contributed by atoms with E-state index in [1.807, 2.05) is 27.7 Å². The third-order valence-corrected chi connectivity index (χ3v) is 5.71. The molecule has 118 valence electrons. The monoisotopic (exact) mass is 375 g/mol. The number of halogens is 1. The lowest BCUT2D eigenvalue weighted by atomic mass is 9.67. The number of aromatic nitrogens is 1. The molecule has 21 heavy (non-hydrogen) atoms. The first-order chi connectivity index (χ1) is 9.73. The molecule has 0 bridgehead atoms. The molecule has 1 aromatic rings. The van der Waals surface area contributed by atoms with E-state index in [-0.39, 0.29) is 29.8 Å². The quantitative estimate of drug-likeness (QED) is 0.817. The van der Waals surface area contributed by atoms with Crippen molar-refractivity contribution in [1.29, 1.82) is 0 Å². The van der Waals surface area contributed by atoms with Gasteiger partial charge in [-0.05, 0) is 54.5 Å². The fraction of sp³-hybridized carbons (Fsp3) is 0.733. The van der Waals surface area contributed by atoms with Gasteiger partial charge in [-0.1, -0.05) is 13.8 Å². The van der Waals surface area contributed by atoms with Crippen LogP contribution in [0.2, 0.25) is 0 Å². The highest BCUT2D eigenvalue weighted by Gasteiger charge is 2.47. The maximum Gasteiger partial charge on any atom is 0.309 e. The van der Waals surface area contributed by atoms with E-state index in [1.165, 1.54) is 11.3 Å². The van der Waals surface area contributed by atoms with Gasteiger partial charge in [0, 0.05) is 0 Å². The molecule has 1 aromatic heterocycles. The number of esters is 1. The van der Waals surface area contributed by atoms with Gasteiger partial charge in [-0.15, -0.1) is 11.3 Å². The Balaban J connectivity index is 2.16. The molecule has 0 aromatic carbocycles. The maximum atomic E-state index is 12.3. The van der Waals surface area contributed by atoms with E-state index in [0.29, 0.717) is 12.8 Å². The van der Waals surface area contributed by atoms with Gasteiger partial charge in [0.1, 0.15) is 10.6 Å². The van der Waals surface area contributed by atoms with E-state index in [2.05, 4.69) is 20.9 Å². The van der Waals surface area contributed by atoms with Crippen molar-refractivity contribution in [2.45, 2.75) is 52.2 Å². The largest absolute Gasteiger partial charge is 0.463 e. The molecular formula is C15H22BrNO3S. The Morgan fingerprint density at radius 3 is 2.48 bits per heavy atom. The number of carbonyl (C=O) groups is 1. The highest BCUT2D eigenvalue weighted by atomic mass is 79.9. The standard InChI is InChI=1S/C15H22BrNO3S/c1-8(2)20-13(18)12-9(3)5-15(19,6-10(12)4)14-17-7-11(16)21-14/h7-10,12,19H,5-6H2,1-4H3/t9-,10+,12?,15?. The minimum Gasteiger partial charge on any atom is -0.463 e. The molecule has 2 unspecified atom stereocenters. The molecule has 1 heterocycles. The number of hydrogen-bond acceptors (Lipinski definition) is 5. The van der Waals surface area contributed by atoms with Crippen LogP contribution in [-0.4, -0.2) is 22.2 Å². The van der Waals surface area contributed by atoms with Crippen LogP contribution in [0.5, 0.6) is 0 Å². The molecular weight excluding hydrogens is 354 g/mol. The van der Waals surface area contributed by atoms with E-state index in [0.717, 1.165) is 8.79 Å². The molecule has 1 saturated carbocycles. The average molecular weight is 376 g/mol. The second-order valence-electron chi connectivity index (χ2n) is 6.38. The summed E-state index contributed by atoms with van der Waals surface area (Å²) in [5, 5.41) is 11.7. The van der Waals surface area contributed by atoms with E-state index in [9.17, 15) is 9.90 Å². The zero-order chi connectivity index (χ0) is 15.8. The summed E-state index contributed by atoms with van der Waals surface area (Å²) in [5.41, 5.74) is -0.940. The Labute approximate surface area is 138 Å². The summed E-state index contributed by atoms with van der Waals surface area (Å²) in [7, 11) is 0. The second kappa shape index (κ2) is 6.34. The number of hydrogen-bond donors (Lipinski definition) is 1. The van der Waals surface area contributed by atoms with Crippen LogP contribution in [0.1, 0.15) is 45.5 Å². The van der Waals surface area contributed by atoms with Crippen molar-refractivity contribution >= 4 is 33.2 Å². The molecule has 4 nitrogen and oxygen atoms in total. The number of ether oxygens (including phenoxy) is 1. The Bertz CT molecular complexity index is 505. The van der Waals surface area contributed by atoms with E-state index in [1.54, 1.807) is 6.20 Å². The first-order valence-electron chi connectivity index (χ1n) is 7.27. The molecule has 1 fully saturated rings. The lowest BCUT2D eigenvalue weighted by molar-refractivity contribution is -0.163. The number of aliphatic hydroxyl groups is 1. The molecule has 6 heteroatoms. The van der Waals surface area contributed by atoms with Crippen molar-refractivity contribution in [2.75, 3.05) is 0 Å². The van der Waals surface area contributed by atoms with Gasteiger partial charge in [0.05, 0.1) is 22.0 Å². The van der Waals surface area contributed by atoms with Crippen LogP contribution in [0.25, 0.3) is 0 Å². The lowest BCUT2D eigenvalue weighted by Gasteiger charge is -2.42. The van der Waals surface area contributed by atoms with Crippen molar-refractivity contribution in [3.63, 3.8) is 0 Å². The summed E-state index contributed by atoms with van der Waals surface area (Å²) in [6, 6.07) is 0. The van der Waals surface area contributed by atoms with E-state index in [4.69, 9.17) is 4.74 Å². The van der Waals surface area contributed by atoms with Gasteiger partial charge < -0.3 is 9.84 Å². The smallest absolute Gasteiger partial charge is 0.309 e. The molecule has 0 saturated heterocycles. The maximum absolute atomic E-state index is 12.3. The molecule has 0 aliphatic heterocycles. The molecule has 0 spiro atoms. The summed E-state index contributed by atoms with van der Waals surface area (Å²) in [5.74, 6) is -0.177. The van der Waals surface area contributed by atoms with Crippen LogP contribution >= 0.6 is 27.3 Å². The predicted octanol–water partition coefficient (Wildman–Crippen LogP) is 3.73. The third kappa shape index (κ3) is 3.66. The highest BCUT2D eigenvalue weighted by Crippen LogP contribution is 2.47. The number of thiazole rings is 1. The summed E-state index contributed by atoms with van der Waals surface area (Å²) < 4.78 is 6.28. The Hall–Kier alpha value is -0.460. The fourth-order valence-electron chi connectivity index (χ4n) is 3.38. The Morgan fingerprint density at radius 2 is 2.05 bits per heavy atom. The van der Waals surface area contributed by atoms with Crippen molar-refractivity contribution in [3.8, 4) is 0 Å². The molecule has 4 atom stereocenters. The van der Waals surface area contributed by atoms with Crippen LogP contribution < -0.4 is 0 Å². The summed E-state index contributed by atoms with van der Waals surface area (Å²) in [6.07, 6.45) is 2.68. The van der Waals surface area contributed by atoms with Gasteiger partial charge in [0.25, 0.3) is 0 Å². The molecule has 1 aliphatic rings. The second-order valence-corrected chi connectivity index (χ2v) is 8.79. The van der Waals surface area contributed by atoms with Crippen molar-refractivity contribution in [1.82, 2.24) is 4.98 Å². The highest BCUT2D eigenvalue weighted by molar-refractivity contribution is 9.11. The Kier molecular flexibility index (Phi) is 5.11. The van der Waals surface area contributed by atoms with Crippen molar-refractivity contribution < 1.29 is 14.6 Å². The molecule has 1 aliphatic carbocycles. The minimum atomic E-state index is -0.940. The molecule has 0 amide bonds. The van der Waals surface area contributed by atoms with Gasteiger partial charge >= 0.3 is 5.97 Å². The van der Waals surface area contributed by atoms with Crippen LogP contribution in [0.3, 0.4) is 0 Å². The predicted molar refractivity (Wildman–Crippen MR) is 86.0 cm³/mol. The van der Waals surface area contributed by atoms with Crippen molar-refractivity contribution in [2.24, 2.45) is 17.8 Å². The number of nitrogens with zero attached hydrogens (tertiary/aromatic N) is 1. The Morgan fingerprint density at radius 1 is 1.48 bits per heavy atom. The minimum absolute atomic E-state index is 0.0627.